The van der Waals surface area contributed by atoms with Gasteiger partial charge in [-0.05, 0) is 42.0 Å². The topological polar surface area (TPSA) is 110 Å². The Labute approximate surface area is 196 Å². The molecule has 1 aliphatic heterocycles. The van der Waals surface area contributed by atoms with E-state index in [0.29, 0.717) is 29.4 Å². The predicted octanol–water partition coefficient (Wildman–Crippen LogP) is 3.22. The molecule has 0 radical (unpaired) electrons. The molecule has 1 unspecified atom stereocenters. The van der Waals surface area contributed by atoms with Gasteiger partial charge in [0.2, 0.25) is 11.8 Å². The molecule has 1 saturated heterocycles. The van der Waals surface area contributed by atoms with Crippen molar-refractivity contribution in [2.75, 3.05) is 31.0 Å². The third kappa shape index (κ3) is 5.03. The van der Waals surface area contributed by atoms with Crippen molar-refractivity contribution < 1.29 is 28.3 Å². The Kier molecular flexibility index (Phi) is 6.82. The zero-order valence-corrected chi connectivity index (χ0v) is 18.9. The quantitative estimate of drug-likeness (QED) is 0.531. The summed E-state index contributed by atoms with van der Waals surface area (Å²) in [5, 5.41) is 5.63. The first-order chi connectivity index (χ1) is 16.5. The molecule has 1 fully saturated rings. The van der Waals surface area contributed by atoms with E-state index in [-0.39, 0.29) is 36.4 Å². The highest BCUT2D eigenvalue weighted by molar-refractivity contribution is 6.02. The Balaban J connectivity index is 1.33. The molecule has 0 spiro atoms. The first-order valence-corrected chi connectivity index (χ1v) is 10.7. The first kappa shape index (κ1) is 22.9. The van der Waals surface area contributed by atoms with Crippen LogP contribution in [-0.4, -0.2) is 38.5 Å². The number of nitrogens with zero attached hydrogens (tertiary/aromatic N) is 1. The summed E-state index contributed by atoms with van der Waals surface area (Å²) in [6, 6.07) is 15.6. The van der Waals surface area contributed by atoms with E-state index in [1.54, 1.807) is 54.5 Å². The van der Waals surface area contributed by atoms with Crippen LogP contribution in [0.3, 0.4) is 0 Å². The number of furan rings is 1. The number of methoxy groups -OCH3 is 2. The van der Waals surface area contributed by atoms with Crippen LogP contribution < -0.4 is 25.0 Å². The van der Waals surface area contributed by atoms with Crippen LogP contribution in [0.4, 0.5) is 11.4 Å². The highest BCUT2D eigenvalue weighted by atomic mass is 16.5. The maximum Gasteiger partial charge on any atom is 0.291 e. The number of anilines is 2. The molecule has 3 amide bonds. The number of hydrogen-bond donors (Lipinski definition) is 2. The predicted molar refractivity (Wildman–Crippen MR) is 125 cm³/mol. The van der Waals surface area contributed by atoms with Crippen molar-refractivity contribution in [1.29, 1.82) is 0 Å². The highest BCUT2D eigenvalue weighted by Gasteiger charge is 2.36. The van der Waals surface area contributed by atoms with E-state index in [2.05, 4.69) is 10.6 Å². The van der Waals surface area contributed by atoms with E-state index >= 15 is 0 Å². The monoisotopic (exact) mass is 463 g/mol. The standard InChI is InChI=1S/C25H25N3O6/c1-32-19-9-10-21(33-2)20(13-19)28-15-17(12-23(28)29)24(30)26-14-16-5-7-18(8-6-16)27-25(31)22-4-3-11-34-22/h3-11,13,17H,12,14-15H2,1-2H3,(H,26,30)(H,27,31). The molecule has 1 aliphatic rings. The van der Waals surface area contributed by atoms with E-state index in [1.807, 2.05) is 12.1 Å². The molecule has 9 nitrogen and oxygen atoms in total. The molecule has 1 atom stereocenters. The average molecular weight is 463 g/mol. The number of amides is 3. The van der Waals surface area contributed by atoms with Crippen LogP contribution in [0.15, 0.2) is 65.3 Å². The number of ether oxygens (including phenoxy) is 2. The maximum absolute atomic E-state index is 12.7. The van der Waals surface area contributed by atoms with Crippen molar-refractivity contribution in [3.63, 3.8) is 0 Å². The molecule has 2 aromatic carbocycles. The van der Waals surface area contributed by atoms with E-state index < -0.39 is 5.92 Å². The minimum atomic E-state index is -0.477. The summed E-state index contributed by atoms with van der Waals surface area (Å²) in [5.74, 6) is 0.193. The number of nitrogens with one attached hydrogen (secondary N) is 2. The van der Waals surface area contributed by atoms with Crippen molar-refractivity contribution in [3.05, 3.63) is 72.2 Å². The largest absolute Gasteiger partial charge is 0.497 e. The highest BCUT2D eigenvalue weighted by Crippen LogP contribution is 2.36. The van der Waals surface area contributed by atoms with Crippen LogP contribution >= 0.6 is 0 Å². The summed E-state index contributed by atoms with van der Waals surface area (Å²) < 4.78 is 15.7. The van der Waals surface area contributed by atoms with Crippen LogP contribution in [0.5, 0.6) is 11.5 Å². The Morgan fingerprint density at radius 3 is 2.56 bits per heavy atom. The third-order valence-electron chi connectivity index (χ3n) is 5.60. The molecule has 2 N–H and O–H groups in total. The summed E-state index contributed by atoms with van der Waals surface area (Å²) in [6.07, 6.45) is 1.55. The number of benzene rings is 2. The zero-order valence-electron chi connectivity index (χ0n) is 18.9. The lowest BCUT2D eigenvalue weighted by Crippen LogP contribution is -2.32. The van der Waals surface area contributed by atoms with Crippen LogP contribution in [0.25, 0.3) is 0 Å². The van der Waals surface area contributed by atoms with Crippen LogP contribution in [0.1, 0.15) is 22.5 Å². The molecule has 2 heterocycles. The van der Waals surface area contributed by atoms with Gasteiger partial charge in [0, 0.05) is 31.3 Å². The SMILES string of the molecule is COc1ccc(OC)c(N2CC(C(=O)NCc3ccc(NC(=O)c4ccco4)cc3)CC2=O)c1. The van der Waals surface area contributed by atoms with Crippen LogP contribution in [0, 0.1) is 5.92 Å². The maximum atomic E-state index is 12.7. The molecule has 176 valence electrons. The van der Waals surface area contributed by atoms with Crippen molar-refractivity contribution in [2.45, 2.75) is 13.0 Å². The Morgan fingerprint density at radius 1 is 1.09 bits per heavy atom. The molecule has 1 aromatic heterocycles. The molecule has 0 saturated carbocycles. The summed E-state index contributed by atoms with van der Waals surface area (Å²) in [6.45, 7) is 0.560. The number of rotatable bonds is 8. The number of carbonyl (C=O) groups excluding carboxylic acids is 3. The van der Waals surface area contributed by atoms with Crippen molar-refractivity contribution in [3.8, 4) is 11.5 Å². The molecule has 0 aliphatic carbocycles. The Bertz CT molecular complexity index is 1170. The van der Waals surface area contributed by atoms with E-state index in [9.17, 15) is 14.4 Å². The average Bonchev–Trinajstić information content (AvgIpc) is 3.53. The summed E-state index contributed by atoms with van der Waals surface area (Å²) >= 11 is 0. The molecule has 4 rings (SSSR count). The molecule has 9 heteroatoms. The van der Waals surface area contributed by atoms with Crippen molar-refractivity contribution in [1.82, 2.24) is 5.32 Å². The first-order valence-electron chi connectivity index (χ1n) is 10.7. The van der Waals surface area contributed by atoms with Gasteiger partial charge in [0.25, 0.3) is 5.91 Å². The second kappa shape index (κ2) is 10.1. The minimum Gasteiger partial charge on any atom is -0.497 e. The lowest BCUT2D eigenvalue weighted by atomic mass is 10.1. The zero-order chi connectivity index (χ0) is 24.1. The van der Waals surface area contributed by atoms with Gasteiger partial charge in [0.15, 0.2) is 5.76 Å². The van der Waals surface area contributed by atoms with Gasteiger partial charge < -0.3 is 29.4 Å². The third-order valence-corrected chi connectivity index (χ3v) is 5.60. The molecular weight excluding hydrogens is 438 g/mol. The minimum absolute atomic E-state index is 0.115. The van der Waals surface area contributed by atoms with E-state index in [1.165, 1.54) is 13.4 Å². The van der Waals surface area contributed by atoms with Gasteiger partial charge in [-0.2, -0.15) is 0 Å². The van der Waals surface area contributed by atoms with Gasteiger partial charge in [-0.25, -0.2) is 0 Å². The van der Waals surface area contributed by atoms with Gasteiger partial charge >= 0.3 is 0 Å². The van der Waals surface area contributed by atoms with Gasteiger partial charge in [-0.15, -0.1) is 0 Å². The van der Waals surface area contributed by atoms with Crippen LogP contribution in [0.2, 0.25) is 0 Å². The summed E-state index contributed by atoms with van der Waals surface area (Å²) in [4.78, 5) is 39.0. The van der Waals surface area contributed by atoms with Crippen molar-refractivity contribution in [2.24, 2.45) is 5.92 Å². The molecular formula is C25H25N3O6. The molecule has 34 heavy (non-hydrogen) atoms. The Hall–Kier alpha value is -4.27. The number of carbonyl (C=O) groups is 3. The van der Waals surface area contributed by atoms with Gasteiger partial charge in [0.1, 0.15) is 11.5 Å². The fourth-order valence-electron chi connectivity index (χ4n) is 3.76. The van der Waals surface area contributed by atoms with Gasteiger partial charge in [-0.1, -0.05) is 12.1 Å². The number of hydrogen-bond acceptors (Lipinski definition) is 6. The van der Waals surface area contributed by atoms with Gasteiger partial charge in [-0.3, -0.25) is 14.4 Å². The van der Waals surface area contributed by atoms with Gasteiger partial charge in [0.05, 0.1) is 32.1 Å². The molecule has 0 bridgehead atoms. The van der Waals surface area contributed by atoms with Crippen molar-refractivity contribution >= 4 is 29.1 Å². The smallest absolute Gasteiger partial charge is 0.291 e. The normalized spacial score (nSPS) is 15.2. The van der Waals surface area contributed by atoms with E-state index in [0.717, 1.165) is 5.56 Å². The second-order valence-corrected chi connectivity index (χ2v) is 7.79. The fourth-order valence-corrected chi connectivity index (χ4v) is 3.76. The lowest BCUT2D eigenvalue weighted by Gasteiger charge is -2.20. The Morgan fingerprint density at radius 2 is 1.88 bits per heavy atom. The summed E-state index contributed by atoms with van der Waals surface area (Å²) in [5.41, 5.74) is 2.05. The molecule has 3 aromatic rings. The van der Waals surface area contributed by atoms with Crippen LogP contribution in [-0.2, 0) is 16.1 Å². The fraction of sp³-hybridized carbons (Fsp3) is 0.240. The summed E-state index contributed by atoms with van der Waals surface area (Å²) in [7, 11) is 3.08. The second-order valence-electron chi connectivity index (χ2n) is 7.79. The van der Waals surface area contributed by atoms with E-state index in [4.69, 9.17) is 13.9 Å². The lowest BCUT2D eigenvalue weighted by molar-refractivity contribution is -0.126.